The van der Waals surface area contributed by atoms with Gasteiger partial charge in [0.25, 0.3) is 52.3 Å². The van der Waals surface area contributed by atoms with Gasteiger partial charge in [-0.05, 0) is 96.4 Å². The molecule has 2 aliphatic rings. The molecule has 0 fully saturated rings. The second-order valence-corrected chi connectivity index (χ2v) is 20.2. The second-order valence-electron chi connectivity index (χ2n) is 14.5. The maximum absolute atomic E-state index is 14.1. The van der Waals surface area contributed by atoms with E-state index in [-0.39, 0.29) is 173 Å². The van der Waals surface area contributed by atoms with Crippen molar-refractivity contribution in [1.29, 1.82) is 0 Å². The molecule has 6 aromatic carbocycles. The summed E-state index contributed by atoms with van der Waals surface area (Å²) in [5.41, 5.74) is -1.13. The molecule has 0 spiro atoms. The molecule has 6 aromatic rings. The van der Waals surface area contributed by atoms with Gasteiger partial charge in [-0.3, -0.25) is 27.8 Å². The molecular formula is C39H26N4Na4O19S4. The Morgan fingerprint density at radius 1 is 0.471 bits per heavy atom. The zero-order chi connectivity index (χ0) is 48.2. The Balaban J connectivity index is 0.00000266. The minimum atomic E-state index is -5.05. The molecule has 6 N–H and O–H groups in total. The molecule has 0 aromatic heterocycles. The molecule has 2 heterocycles. The van der Waals surface area contributed by atoms with Gasteiger partial charge in [0.05, 0.1) is 31.0 Å². The number of amides is 6. The zero-order valence-corrected chi connectivity index (χ0v) is 48.3. The summed E-state index contributed by atoms with van der Waals surface area (Å²) < 4.78 is 146. The van der Waals surface area contributed by atoms with E-state index in [1.54, 1.807) is 0 Å². The van der Waals surface area contributed by atoms with Crippen LogP contribution in [0.2, 0.25) is 0 Å². The zero-order valence-electron chi connectivity index (χ0n) is 37.0. The molecule has 344 valence electrons. The molecule has 23 nitrogen and oxygen atoms in total. The van der Waals surface area contributed by atoms with E-state index in [0.29, 0.717) is 9.80 Å². The fourth-order valence-corrected chi connectivity index (χ4v) is 9.30. The number of hydrogen-bond acceptors (Lipinski definition) is 15. The first kappa shape index (κ1) is 59.2. The Morgan fingerprint density at radius 2 is 0.771 bits per heavy atom. The Kier molecular flexibility index (Phi) is 18.0. The number of nitrogens with one attached hydrogen (secondary N) is 2. The first-order valence-corrected chi connectivity index (χ1v) is 23.9. The molecule has 0 saturated carbocycles. The topological polar surface area (TPSA) is 352 Å². The third kappa shape index (κ3) is 11.5. The molecule has 4 radical (unpaired) electrons. The van der Waals surface area contributed by atoms with Gasteiger partial charge in [0, 0.05) is 164 Å². The van der Waals surface area contributed by atoms with Crippen molar-refractivity contribution >= 4 is 233 Å². The van der Waals surface area contributed by atoms with Crippen molar-refractivity contribution in [3.05, 3.63) is 107 Å². The quantitative estimate of drug-likeness (QED) is 0.0925. The van der Waals surface area contributed by atoms with Gasteiger partial charge in [-0.15, -0.1) is 0 Å². The average Bonchev–Trinajstić information content (AvgIpc) is 3.20. The van der Waals surface area contributed by atoms with Crippen molar-refractivity contribution < 1.29 is 85.3 Å². The number of carbonyl (C=O) groups excluding carboxylic acids is 5. The van der Waals surface area contributed by atoms with Gasteiger partial charge in [0.1, 0.15) is 11.5 Å². The number of imide groups is 2. The molecule has 2 aliphatic heterocycles. The van der Waals surface area contributed by atoms with Gasteiger partial charge >= 0.3 is 18.2 Å². The predicted octanol–water partition coefficient (Wildman–Crippen LogP) is 4.04. The Bertz CT molecular complexity index is 3510. The SMILES string of the molecule is Cc1ccc(NC(=O)Nc2ccc(C)c(C(=O)N3C(=O)Oc4cc(S(=O)(=O)O)cc5cc(S(=O)(=O)O)cc3c45)c2)cc1C(=O)N1C(=O)Oc2cc(S(=O)(=O)O)cc3cc(S(=O)(=O)O)cc1c23.[Na].[Na].[Na].[Na]. The number of rotatable bonds is 8. The van der Waals surface area contributed by atoms with Crippen molar-refractivity contribution in [2.24, 2.45) is 0 Å². The van der Waals surface area contributed by atoms with E-state index in [9.17, 15) is 75.9 Å². The van der Waals surface area contributed by atoms with Gasteiger partial charge in [0.2, 0.25) is 0 Å². The first-order valence-electron chi connectivity index (χ1n) is 18.2. The molecule has 0 bridgehead atoms. The van der Waals surface area contributed by atoms with E-state index in [2.05, 4.69) is 10.6 Å². The fraction of sp³-hybridized carbons (Fsp3) is 0.0513. The van der Waals surface area contributed by atoms with Crippen molar-refractivity contribution in [1.82, 2.24) is 0 Å². The van der Waals surface area contributed by atoms with E-state index < -0.39 is 113 Å². The van der Waals surface area contributed by atoms with E-state index in [1.807, 2.05) is 0 Å². The van der Waals surface area contributed by atoms with Crippen LogP contribution in [0.4, 0.5) is 37.1 Å². The summed E-state index contributed by atoms with van der Waals surface area (Å²) in [7, 11) is -20.0. The maximum atomic E-state index is 14.1. The van der Waals surface area contributed by atoms with Crippen LogP contribution >= 0.6 is 0 Å². The number of carbonyl (C=O) groups is 5. The summed E-state index contributed by atoms with van der Waals surface area (Å²) in [6.07, 6.45) is -2.89. The summed E-state index contributed by atoms with van der Waals surface area (Å²) in [5, 5.41) is 4.07. The third-order valence-corrected chi connectivity index (χ3v) is 13.5. The Hall–Kier alpha value is -3.37. The predicted molar refractivity (Wildman–Crippen MR) is 251 cm³/mol. The Labute approximate surface area is 484 Å². The monoisotopic (exact) mass is 1070 g/mol. The second kappa shape index (κ2) is 21.2. The molecule has 0 unspecified atom stereocenters. The van der Waals surface area contributed by atoms with Crippen LogP contribution in [0.15, 0.2) is 105 Å². The van der Waals surface area contributed by atoms with Gasteiger partial charge < -0.3 is 20.1 Å². The molecule has 31 heteroatoms. The number of hydrogen-bond donors (Lipinski definition) is 6. The molecule has 0 aliphatic carbocycles. The number of anilines is 4. The number of ether oxygens (including phenoxy) is 2. The largest absolute Gasteiger partial charge is 0.427 e. The van der Waals surface area contributed by atoms with Crippen molar-refractivity contribution in [3.63, 3.8) is 0 Å². The molecule has 0 atom stereocenters. The number of benzene rings is 6. The van der Waals surface area contributed by atoms with E-state index in [0.717, 1.165) is 60.7 Å². The smallest absolute Gasteiger partial charge is 0.409 e. The molecule has 8 rings (SSSR count). The van der Waals surface area contributed by atoms with Crippen LogP contribution in [0.3, 0.4) is 0 Å². The van der Waals surface area contributed by atoms with Gasteiger partial charge in [0.15, 0.2) is 0 Å². The molecule has 70 heavy (non-hydrogen) atoms. The van der Waals surface area contributed by atoms with Crippen LogP contribution in [0.25, 0.3) is 21.5 Å². The van der Waals surface area contributed by atoms with Crippen LogP contribution in [-0.4, -0.2) is 200 Å². The summed E-state index contributed by atoms with van der Waals surface area (Å²) in [5.74, 6) is -3.23. The standard InChI is InChI=1S/C39H26N4O19S4.4Na/c1-17-3-5-21(11-27(17)35(44)42-29-13-23(63(49,50)51)7-19-9-25(65(55,56)57)15-31(33(19)29)61-38(42)47)40-37(46)41-22-6-4-18(2)28(12-22)36(45)43-30-14-24(64(52,53)54)8-20-10-26(66(58,59)60)16-32(34(20)30)62-39(43)48;;;;/h3-16H,1-2H3,(H2,40,41,46)(H,49,50,51)(H,52,53,54)(H,55,56,57)(H,58,59,60);;;;. The first-order chi connectivity index (χ1) is 30.6. The summed E-state index contributed by atoms with van der Waals surface area (Å²) >= 11 is 0. The van der Waals surface area contributed by atoms with Gasteiger partial charge in [-0.1, -0.05) is 12.1 Å². The maximum Gasteiger partial charge on any atom is 0.427 e. The van der Waals surface area contributed by atoms with E-state index >= 15 is 0 Å². The van der Waals surface area contributed by atoms with Crippen molar-refractivity contribution in [3.8, 4) is 11.5 Å². The molecule has 6 amide bonds. The van der Waals surface area contributed by atoms with Crippen molar-refractivity contribution in [2.45, 2.75) is 33.4 Å². The van der Waals surface area contributed by atoms with Gasteiger partial charge in [-0.25, -0.2) is 24.2 Å². The third-order valence-electron chi connectivity index (χ3n) is 10.2. The minimum Gasteiger partial charge on any atom is -0.409 e. The summed E-state index contributed by atoms with van der Waals surface area (Å²) in [6, 6.07) is 13.1. The molecular weight excluding hydrogens is 1050 g/mol. The van der Waals surface area contributed by atoms with Crippen LogP contribution in [0, 0.1) is 13.8 Å². The summed E-state index contributed by atoms with van der Waals surface area (Å²) in [6.45, 7) is 2.90. The Morgan fingerprint density at radius 3 is 1.07 bits per heavy atom. The number of urea groups is 1. The fourth-order valence-electron chi connectivity index (χ4n) is 7.17. The summed E-state index contributed by atoms with van der Waals surface area (Å²) in [4.78, 5) is 65.9. The number of nitrogens with zero attached hydrogens (tertiary/aromatic N) is 2. The number of aryl methyl sites for hydroxylation is 2. The minimum absolute atomic E-state index is 0. The van der Waals surface area contributed by atoms with E-state index in [1.165, 1.54) is 38.1 Å². The van der Waals surface area contributed by atoms with E-state index in [4.69, 9.17) is 9.47 Å². The van der Waals surface area contributed by atoms with Crippen LogP contribution in [0.5, 0.6) is 11.5 Å². The van der Waals surface area contributed by atoms with Gasteiger partial charge in [-0.2, -0.15) is 33.7 Å². The molecule has 0 saturated heterocycles. The van der Waals surface area contributed by atoms with Crippen LogP contribution < -0.4 is 29.9 Å². The van der Waals surface area contributed by atoms with Crippen LogP contribution in [-0.2, 0) is 40.5 Å². The van der Waals surface area contributed by atoms with Crippen molar-refractivity contribution in [2.75, 3.05) is 20.4 Å². The van der Waals surface area contributed by atoms with Crippen LogP contribution in [0.1, 0.15) is 31.8 Å². The average molecular weight is 1070 g/mol. The normalized spacial score (nSPS) is 13.1.